The second-order valence-corrected chi connectivity index (χ2v) is 5.58. The van der Waals surface area contributed by atoms with E-state index in [4.69, 9.17) is 20.1 Å². The molecule has 0 heterocycles. The Balaban J connectivity index is 0. The van der Waals surface area contributed by atoms with Crippen molar-refractivity contribution in [1.29, 1.82) is 0 Å². The first-order valence-corrected chi connectivity index (χ1v) is 8.10. The standard InChI is InChI=1S/C11H20O2.C6H14O3/c1-4-7-8-10(5-2)9-13-11(12)6-3;1-2-6(3-7,4-8)5-9/h6,10H,3-5,7-9H2,1-2H3;7-9H,2-5H2,1H3. The Bertz CT molecular complexity index is 257. The molecule has 1 atom stereocenters. The number of esters is 1. The van der Waals surface area contributed by atoms with E-state index in [1.165, 1.54) is 18.9 Å². The van der Waals surface area contributed by atoms with Crippen LogP contribution in [0.4, 0.5) is 0 Å². The van der Waals surface area contributed by atoms with Crippen LogP contribution in [0.1, 0.15) is 52.9 Å². The van der Waals surface area contributed by atoms with Crippen LogP contribution in [0.2, 0.25) is 0 Å². The summed E-state index contributed by atoms with van der Waals surface area (Å²) in [5.74, 6) is 0.207. The van der Waals surface area contributed by atoms with E-state index in [1.807, 2.05) is 6.92 Å². The maximum Gasteiger partial charge on any atom is 0.330 e. The van der Waals surface area contributed by atoms with Crippen molar-refractivity contribution in [2.24, 2.45) is 11.3 Å². The molecule has 0 radical (unpaired) electrons. The largest absolute Gasteiger partial charge is 0.462 e. The Morgan fingerprint density at radius 2 is 1.73 bits per heavy atom. The molecule has 5 nitrogen and oxygen atoms in total. The minimum Gasteiger partial charge on any atom is -0.462 e. The maximum absolute atomic E-state index is 10.8. The van der Waals surface area contributed by atoms with Crippen molar-refractivity contribution in [2.45, 2.75) is 52.9 Å². The average molecular weight is 318 g/mol. The van der Waals surface area contributed by atoms with Crippen LogP contribution in [0.3, 0.4) is 0 Å². The number of rotatable bonds is 11. The van der Waals surface area contributed by atoms with Gasteiger partial charge in [-0.25, -0.2) is 4.79 Å². The molecule has 0 saturated carbocycles. The Labute approximate surface area is 135 Å². The second kappa shape index (κ2) is 15.0. The van der Waals surface area contributed by atoms with Crippen molar-refractivity contribution in [2.75, 3.05) is 26.4 Å². The van der Waals surface area contributed by atoms with Crippen molar-refractivity contribution < 1.29 is 24.9 Å². The van der Waals surface area contributed by atoms with Gasteiger partial charge in [0.1, 0.15) is 0 Å². The van der Waals surface area contributed by atoms with Crippen LogP contribution < -0.4 is 0 Å². The van der Waals surface area contributed by atoms with Gasteiger partial charge in [-0.3, -0.25) is 0 Å². The molecule has 5 heteroatoms. The molecule has 0 fully saturated rings. The second-order valence-electron chi connectivity index (χ2n) is 5.58. The van der Waals surface area contributed by atoms with Crippen molar-refractivity contribution in [1.82, 2.24) is 0 Å². The molecule has 0 bridgehead atoms. The summed E-state index contributed by atoms with van der Waals surface area (Å²) in [4.78, 5) is 10.8. The Morgan fingerprint density at radius 1 is 1.18 bits per heavy atom. The van der Waals surface area contributed by atoms with Crippen LogP contribution >= 0.6 is 0 Å². The van der Waals surface area contributed by atoms with Crippen molar-refractivity contribution in [3.05, 3.63) is 12.7 Å². The number of hydrogen-bond donors (Lipinski definition) is 3. The molecule has 0 aliphatic heterocycles. The molecular weight excluding hydrogens is 284 g/mol. The quantitative estimate of drug-likeness (QED) is 0.402. The number of ether oxygens (including phenoxy) is 1. The monoisotopic (exact) mass is 318 g/mol. The normalized spacial score (nSPS) is 12.1. The first-order chi connectivity index (χ1) is 10.5. The zero-order chi connectivity index (χ0) is 17.4. The lowest BCUT2D eigenvalue weighted by Gasteiger charge is -2.24. The number of aliphatic hydroxyl groups is 3. The maximum atomic E-state index is 10.8. The molecule has 0 aromatic rings. The molecule has 0 amide bonds. The summed E-state index contributed by atoms with van der Waals surface area (Å²) in [5, 5.41) is 26.0. The van der Waals surface area contributed by atoms with Gasteiger partial charge < -0.3 is 20.1 Å². The third-order valence-corrected chi connectivity index (χ3v) is 3.93. The molecule has 132 valence electrons. The van der Waals surface area contributed by atoms with E-state index in [2.05, 4.69) is 20.4 Å². The third-order valence-electron chi connectivity index (χ3n) is 3.93. The van der Waals surface area contributed by atoms with Gasteiger partial charge in [-0.1, -0.05) is 46.6 Å². The van der Waals surface area contributed by atoms with Gasteiger partial charge in [-0.15, -0.1) is 0 Å². The van der Waals surface area contributed by atoms with E-state index < -0.39 is 5.41 Å². The number of carbonyl (C=O) groups is 1. The van der Waals surface area contributed by atoms with Crippen LogP contribution in [0.15, 0.2) is 12.7 Å². The van der Waals surface area contributed by atoms with E-state index in [9.17, 15) is 4.79 Å². The fourth-order valence-electron chi connectivity index (χ4n) is 1.64. The molecule has 0 aromatic heterocycles. The summed E-state index contributed by atoms with van der Waals surface area (Å²) in [5.41, 5.74) is -0.667. The van der Waals surface area contributed by atoms with Crippen LogP contribution in [-0.4, -0.2) is 47.7 Å². The number of carbonyl (C=O) groups excluding carboxylic acids is 1. The smallest absolute Gasteiger partial charge is 0.330 e. The lowest BCUT2D eigenvalue weighted by molar-refractivity contribution is -0.139. The fourth-order valence-corrected chi connectivity index (χ4v) is 1.64. The Morgan fingerprint density at radius 3 is 2.00 bits per heavy atom. The van der Waals surface area contributed by atoms with Gasteiger partial charge >= 0.3 is 5.97 Å². The minimum atomic E-state index is -0.667. The predicted molar refractivity (Wildman–Crippen MR) is 88.4 cm³/mol. The van der Waals surface area contributed by atoms with Crippen molar-refractivity contribution in [3.63, 3.8) is 0 Å². The summed E-state index contributed by atoms with van der Waals surface area (Å²) in [6.07, 6.45) is 6.45. The highest BCUT2D eigenvalue weighted by atomic mass is 16.5. The van der Waals surface area contributed by atoms with Gasteiger partial charge in [0.25, 0.3) is 0 Å². The number of unbranched alkanes of at least 4 members (excludes halogenated alkanes) is 1. The first kappa shape index (κ1) is 23.4. The summed E-state index contributed by atoms with van der Waals surface area (Å²) in [7, 11) is 0. The van der Waals surface area contributed by atoms with Crippen LogP contribution in [0.25, 0.3) is 0 Å². The van der Waals surface area contributed by atoms with Crippen LogP contribution in [0.5, 0.6) is 0 Å². The number of hydrogen-bond acceptors (Lipinski definition) is 5. The molecule has 0 aliphatic carbocycles. The predicted octanol–water partition coefficient (Wildman–Crippen LogP) is 2.29. The van der Waals surface area contributed by atoms with Gasteiger partial charge in [0.2, 0.25) is 0 Å². The molecule has 0 aromatic carbocycles. The highest BCUT2D eigenvalue weighted by Gasteiger charge is 2.24. The van der Waals surface area contributed by atoms with Gasteiger partial charge in [0, 0.05) is 11.5 Å². The van der Waals surface area contributed by atoms with Gasteiger partial charge in [0.05, 0.1) is 26.4 Å². The Kier molecular flexibility index (Phi) is 15.9. The summed E-state index contributed by atoms with van der Waals surface area (Å²) in [6, 6.07) is 0. The van der Waals surface area contributed by atoms with E-state index in [0.717, 1.165) is 12.8 Å². The SMILES string of the molecule is C=CC(=O)OCC(CC)CCCC.CCC(CO)(CO)CO. The lowest BCUT2D eigenvalue weighted by Crippen LogP contribution is -2.32. The molecule has 0 rings (SSSR count). The van der Waals surface area contributed by atoms with E-state index in [1.54, 1.807) is 0 Å². The van der Waals surface area contributed by atoms with Crippen LogP contribution in [-0.2, 0) is 9.53 Å². The summed E-state index contributed by atoms with van der Waals surface area (Å²) < 4.78 is 4.98. The zero-order valence-corrected chi connectivity index (χ0v) is 14.4. The van der Waals surface area contributed by atoms with Crippen LogP contribution in [0, 0.1) is 11.3 Å². The van der Waals surface area contributed by atoms with Gasteiger partial charge in [0.15, 0.2) is 0 Å². The highest BCUT2D eigenvalue weighted by Crippen LogP contribution is 2.18. The van der Waals surface area contributed by atoms with E-state index in [0.29, 0.717) is 18.9 Å². The van der Waals surface area contributed by atoms with E-state index in [-0.39, 0.29) is 25.8 Å². The van der Waals surface area contributed by atoms with Crippen molar-refractivity contribution >= 4 is 5.97 Å². The zero-order valence-electron chi connectivity index (χ0n) is 14.4. The lowest BCUT2D eigenvalue weighted by atomic mass is 9.88. The average Bonchev–Trinajstić information content (AvgIpc) is 2.58. The molecular formula is C17H34O5. The first-order valence-electron chi connectivity index (χ1n) is 8.10. The van der Waals surface area contributed by atoms with Gasteiger partial charge in [-0.05, 0) is 18.8 Å². The van der Waals surface area contributed by atoms with Crippen molar-refractivity contribution in [3.8, 4) is 0 Å². The molecule has 0 aliphatic rings. The molecule has 1 unspecified atom stereocenters. The molecule has 0 spiro atoms. The topological polar surface area (TPSA) is 87.0 Å². The molecule has 22 heavy (non-hydrogen) atoms. The fraction of sp³-hybridized carbons (Fsp3) is 0.824. The minimum absolute atomic E-state index is 0.156. The molecule has 3 N–H and O–H groups in total. The Hall–Kier alpha value is -0.910. The summed E-state index contributed by atoms with van der Waals surface area (Å²) >= 11 is 0. The highest BCUT2D eigenvalue weighted by molar-refractivity contribution is 5.81. The van der Waals surface area contributed by atoms with Gasteiger partial charge in [-0.2, -0.15) is 0 Å². The summed E-state index contributed by atoms with van der Waals surface area (Å²) in [6.45, 7) is 9.54. The number of aliphatic hydroxyl groups excluding tert-OH is 3. The van der Waals surface area contributed by atoms with E-state index >= 15 is 0 Å². The molecule has 0 saturated heterocycles. The third kappa shape index (κ3) is 10.8.